The molecule has 0 saturated carbocycles. The highest BCUT2D eigenvalue weighted by molar-refractivity contribution is 7.22. The molecule has 7 nitrogen and oxygen atoms in total. The van der Waals surface area contributed by atoms with E-state index in [1.54, 1.807) is 73.7 Å². The number of ketones is 1. The normalized spacial score (nSPS) is 13.9. The Bertz CT molecular complexity index is 1450. The lowest BCUT2D eigenvalue weighted by Crippen LogP contribution is -2.51. The molecular weight excluding hydrogens is 520 g/mol. The number of hydrogen-bond acceptors (Lipinski definition) is 7. The molecule has 1 saturated heterocycles. The van der Waals surface area contributed by atoms with Crippen LogP contribution in [-0.2, 0) is 4.79 Å². The first kappa shape index (κ1) is 25.9. The van der Waals surface area contributed by atoms with E-state index in [9.17, 15) is 9.59 Å². The van der Waals surface area contributed by atoms with Crippen LogP contribution in [0.5, 0.6) is 5.75 Å². The zero-order valence-electron chi connectivity index (χ0n) is 21.1. The monoisotopic (exact) mass is 546 g/mol. The Morgan fingerprint density at radius 1 is 0.974 bits per heavy atom. The maximum absolute atomic E-state index is 13.3. The summed E-state index contributed by atoms with van der Waals surface area (Å²) in [7, 11) is 0. The zero-order valence-corrected chi connectivity index (χ0v) is 22.7. The first-order valence-electron chi connectivity index (χ1n) is 12.3. The summed E-state index contributed by atoms with van der Waals surface area (Å²) in [6.45, 7) is 4.67. The van der Waals surface area contributed by atoms with Gasteiger partial charge in [-0.1, -0.05) is 35.1 Å². The van der Waals surface area contributed by atoms with Crippen LogP contribution in [0.1, 0.15) is 42.6 Å². The number of hydrazone groups is 1. The van der Waals surface area contributed by atoms with Gasteiger partial charge in [-0.3, -0.25) is 15.0 Å². The molecule has 2 heterocycles. The van der Waals surface area contributed by atoms with Gasteiger partial charge in [-0.2, -0.15) is 5.10 Å². The molecule has 1 amide bonds. The van der Waals surface area contributed by atoms with Gasteiger partial charge in [-0.15, -0.1) is 0 Å². The second kappa shape index (κ2) is 10.9. The van der Waals surface area contributed by atoms with E-state index in [2.05, 4.69) is 15.5 Å². The van der Waals surface area contributed by atoms with E-state index in [-0.39, 0.29) is 11.7 Å². The summed E-state index contributed by atoms with van der Waals surface area (Å²) in [5, 5.41) is 5.87. The van der Waals surface area contributed by atoms with Crippen molar-refractivity contribution >= 4 is 55.7 Å². The number of anilines is 1. The maximum Gasteiger partial charge on any atom is 0.266 e. The zero-order chi connectivity index (χ0) is 26.7. The fourth-order valence-corrected chi connectivity index (χ4v) is 5.22. The number of likely N-dealkylation sites (tertiary alicyclic amines) is 1. The van der Waals surface area contributed by atoms with E-state index in [0.717, 1.165) is 21.1 Å². The topological polar surface area (TPSA) is 83.9 Å². The second-order valence-corrected chi connectivity index (χ2v) is 11.0. The molecule has 1 aliphatic rings. The summed E-state index contributed by atoms with van der Waals surface area (Å²) in [5.74, 6) is 0.333. The van der Waals surface area contributed by atoms with Gasteiger partial charge in [0.25, 0.3) is 5.91 Å². The molecule has 5 rings (SSSR count). The molecule has 0 atom stereocenters. The SMILES string of the molecule is CC(C)(Oc1ccc(C(=O)c2ccc(Cl)cc2)cc1)C(=O)N1CCC(=NNc2nc3ccccc3s2)CC1. The molecule has 0 unspecified atom stereocenters. The lowest BCUT2D eigenvalue weighted by atomic mass is 10.0. The van der Waals surface area contributed by atoms with Gasteiger partial charge in [0.15, 0.2) is 11.4 Å². The van der Waals surface area contributed by atoms with Crippen LogP contribution in [0.15, 0.2) is 77.9 Å². The predicted molar refractivity (Wildman–Crippen MR) is 153 cm³/mol. The van der Waals surface area contributed by atoms with Crippen molar-refractivity contribution in [1.29, 1.82) is 0 Å². The van der Waals surface area contributed by atoms with Crippen LogP contribution in [0, 0.1) is 0 Å². The molecule has 1 fully saturated rings. The third-order valence-electron chi connectivity index (χ3n) is 6.34. The van der Waals surface area contributed by atoms with Crippen molar-refractivity contribution in [1.82, 2.24) is 9.88 Å². The molecule has 0 spiro atoms. The van der Waals surface area contributed by atoms with Crippen LogP contribution >= 0.6 is 22.9 Å². The summed E-state index contributed by atoms with van der Waals surface area (Å²) in [5.41, 5.74) is 5.06. The number of carbonyl (C=O) groups excluding carboxylic acids is 2. The van der Waals surface area contributed by atoms with E-state index >= 15 is 0 Å². The van der Waals surface area contributed by atoms with E-state index in [1.807, 2.05) is 29.2 Å². The molecule has 1 N–H and O–H groups in total. The third-order valence-corrected chi connectivity index (χ3v) is 7.54. The Morgan fingerprint density at radius 2 is 1.61 bits per heavy atom. The molecule has 0 radical (unpaired) electrons. The van der Waals surface area contributed by atoms with Gasteiger partial charge in [0.05, 0.1) is 10.2 Å². The van der Waals surface area contributed by atoms with E-state index in [4.69, 9.17) is 16.3 Å². The average Bonchev–Trinajstić information content (AvgIpc) is 3.35. The molecule has 38 heavy (non-hydrogen) atoms. The van der Waals surface area contributed by atoms with Crippen LogP contribution in [0.25, 0.3) is 10.2 Å². The third kappa shape index (κ3) is 5.87. The fraction of sp³-hybridized carbons (Fsp3) is 0.241. The Morgan fingerprint density at radius 3 is 2.26 bits per heavy atom. The number of ether oxygens (including phenoxy) is 1. The highest BCUT2D eigenvalue weighted by atomic mass is 35.5. The highest BCUT2D eigenvalue weighted by Gasteiger charge is 2.35. The molecule has 1 aliphatic heterocycles. The van der Waals surface area contributed by atoms with E-state index < -0.39 is 5.60 Å². The number of piperidine rings is 1. The molecular formula is C29H27ClN4O3S. The summed E-state index contributed by atoms with van der Waals surface area (Å²) >= 11 is 7.48. The quantitative estimate of drug-likeness (QED) is 0.213. The minimum Gasteiger partial charge on any atom is -0.478 e. The lowest BCUT2D eigenvalue weighted by Gasteiger charge is -2.34. The number of amides is 1. The number of hydrogen-bond donors (Lipinski definition) is 1. The Balaban J connectivity index is 1.15. The van der Waals surface area contributed by atoms with Crippen molar-refractivity contribution in [2.75, 3.05) is 18.5 Å². The Labute approximate surface area is 230 Å². The first-order chi connectivity index (χ1) is 18.3. The van der Waals surface area contributed by atoms with Gasteiger partial charge in [-0.25, -0.2) is 4.98 Å². The van der Waals surface area contributed by atoms with Crippen molar-refractivity contribution < 1.29 is 14.3 Å². The van der Waals surface area contributed by atoms with Gasteiger partial charge < -0.3 is 9.64 Å². The number of halogens is 1. The number of nitrogens with one attached hydrogen (secondary N) is 1. The number of para-hydroxylation sites is 1. The van der Waals surface area contributed by atoms with Gasteiger partial charge in [0, 0.05) is 47.8 Å². The van der Waals surface area contributed by atoms with Crippen molar-refractivity contribution in [3.05, 3.63) is 88.9 Å². The Kier molecular flexibility index (Phi) is 7.44. The van der Waals surface area contributed by atoms with Gasteiger partial charge in [0.1, 0.15) is 5.75 Å². The number of benzene rings is 3. The van der Waals surface area contributed by atoms with Gasteiger partial charge in [0.2, 0.25) is 5.13 Å². The van der Waals surface area contributed by atoms with Gasteiger partial charge in [-0.05, 0) is 74.5 Å². The lowest BCUT2D eigenvalue weighted by molar-refractivity contribution is -0.145. The van der Waals surface area contributed by atoms with Crippen LogP contribution in [0.4, 0.5) is 5.13 Å². The summed E-state index contributed by atoms with van der Waals surface area (Å²) < 4.78 is 7.18. The van der Waals surface area contributed by atoms with E-state index in [1.165, 1.54) is 0 Å². The smallest absolute Gasteiger partial charge is 0.266 e. The Hall–Kier alpha value is -3.75. The molecule has 0 bridgehead atoms. The van der Waals surface area contributed by atoms with Crippen molar-refractivity contribution in [3.63, 3.8) is 0 Å². The highest BCUT2D eigenvalue weighted by Crippen LogP contribution is 2.26. The van der Waals surface area contributed by atoms with Crippen LogP contribution in [0.2, 0.25) is 5.02 Å². The predicted octanol–water partition coefficient (Wildman–Crippen LogP) is 6.43. The minimum absolute atomic E-state index is 0.0861. The summed E-state index contributed by atoms with van der Waals surface area (Å²) in [6, 6.07) is 21.6. The number of thiazole rings is 1. The van der Waals surface area contributed by atoms with Crippen LogP contribution in [0.3, 0.4) is 0 Å². The molecule has 194 valence electrons. The number of fused-ring (bicyclic) bond motifs is 1. The number of nitrogens with zero attached hydrogens (tertiary/aromatic N) is 3. The molecule has 1 aromatic heterocycles. The summed E-state index contributed by atoms with van der Waals surface area (Å²) in [6.07, 6.45) is 1.36. The first-order valence-corrected chi connectivity index (χ1v) is 13.5. The van der Waals surface area contributed by atoms with Crippen molar-refractivity contribution in [3.8, 4) is 5.75 Å². The molecule has 9 heteroatoms. The maximum atomic E-state index is 13.3. The average molecular weight is 547 g/mol. The van der Waals surface area contributed by atoms with Crippen molar-refractivity contribution in [2.45, 2.75) is 32.3 Å². The molecule has 3 aromatic carbocycles. The van der Waals surface area contributed by atoms with Crippen LogP contribution < -0.4 is 10.2 Å². The second-order valence-electron chi connectivity index (χ2n) is 9.54. The number of carbonyl (C=O) groups is 2. The van der Waals surface area contributed by atoms with Crippen molar-refractivity contribution in [2.24, 2.45) is 5.10 Å². The molecule has 4 aromatic rings. The standard InChI is InChI=1S/C29H27ClN4O3S/c1-29(2,37-23-13-9-20(10-14-23)26(35)19-7-11-21(30)12-8-19)27(36)34-17-15-22(16-18-34)32-33-28-31-24-5-3-4-6-25(24)38-28/h3-14H,15-18H2,1-2H3,(H,31,33). The number of aromatic nitrogens is 1. The van der Waals surface area contributed by atoms with Crippen LogP contribution in [-0.4, -0.2) is 46.0 Å². The summed E-state index contributed by atoms with van der Waals surface area (Å²) in [4.78, 5) is 32.3. The largest absolute Gasteiger partial charge is 0.478 e. The number of rotatable bonds is 7. The minimum atomic E-state index is -1.06. The fourth-order valence-electron chi connectivity index (χ4n) is 4.29. The van der Waals surface area contributed by atoms with E-state index in [0.29, 0.717) is 47.8 Å². The molecule has 0 aliphatic carbocycles. The van der Waals surface area contributed by atoms with Gasteiger partial charge >= 0.3 is 0 Å².